The zero-order valence-electron chi connectivity index (χ0n) is 17.3. The van der Waals surface area contributed by atoms with Gasteiger partial charge in [0.2, 0.25) is 0 Å². The average molecular weight is 409 g/mol. The van der Waals surface area contributed by atoms with Gasteiger partial charge in [-0.1, -0.05) is 72.8 Å². The standard InChI is InChI=1S/C27H24N2O2/c1-31-25-18-23(28)16-17-24(25)29-27(30)22-14-12-21(13-15-22)26(19-8-4-2-5-9-19)20-10-6-3-7-11-20/h2-18,26H,28H2,1H3,(H,29,30). The third-order valence-corrected chi connectivity index (χ3v) is 5.25. The van der Waals surface area contributed by atoms with Crippen LogP contribution >= 0.6 is 0 Å². The molecule has 0 unspecified atom stereocenters. The molecule has 3 N–H and O–H groups in total. The highest BCUT2D eigenvalue weighted by atomic mass is 16.5. The van der Waals surface area contributed by atoms with Gasteiger partial charge in [-0.15, -0.1) is 0 Å². The first-order valence-electron chi connectivity index (χ1n) is 10.1. The van der Waals surface area contributed by atoms with Crippen molar-refractivity contribution in [2.45, 2.75) is 5.92 Å². The van der Waals surface area contributed by atoms with Crippen molar-refractivity contribution >= 4 is 17.3 Å². The van der Waals surface area contributed by atoms with Crippen LogP contribution < -0.4 is 15.8 Å². The first-order valence-corrected chi connectivity index (χ1v) is 10.1. The van der Waals surface area contributed by atoms with Crippen LogP contribution in [-0.2, 0) is 0 Å². The molecule has 4 heteroatoms. The number of nitrogen functional groups attached to an aromatic ring is 1. The Morgan fingerprint density at radius 2 is 1.32 bits per heavy atom. The molecule has 4 aromatic carbocycles. The Kier molecular flexibility index (Phi) is 5.99. The summed E-state index contributed by atoms with van der Waals surface area (Å²) in [5, 5.41) is 2.90. The number of ether oxygens (including phenoxy) is 1. The van der Waals surface area contributed by atoms with Crippen molar-refractivity contribution in [3.05, 3.63) is 125 Å². The number of nitrogens with two attached hydrogens (primary N) is 1. The third kappa shape index (κ3) is 4.59. The van der Waals surface area contributed by atoms with E-state index >= 15 is 0 Å². The smallest absolute Gasteiger partial charge is 0.255 e. The Bertz CT molecular complexity index is 1120. The van der Waals surface area contributed by atoms with Crippen molar-refractivity contribution < 1.29 is 9.53 Å². The van der Waals surface area contributed by atoms with Gasteiger partial charge >= 0.3 is 0 Å². The van der Waals surface area contributed by atoms with Crippen molar-refractivity contribution in [2.24, 2.45) is 0 Å². The predicted molar refractivity (Wildman–Crippen MR) is 126 cm³/mol. The number of rotatable bonds is 6. The summed E-state index contributed by atoms with van der Waals surface area (Å²) < 4.78 is 5.32. The summed E-state index contributed by atoms with van der Waals surface area (Å²) in [6.45, 7) is 0. The first-order chi connectivity index (χ1) is 15.2. The van der Waals surface area contributed by atoms with Gasteiger partial charge in [0, 0.05) is 23.2 Å². The molecule has 31 heavy (non-hydrogen) atoms. The molecule has 0 aliphatic heterocycles. The Morgan fingerprint density at radius 1 is 0.774 bits per heavy atom. The molecule has 0 aliphatic carbocycles. The molecule has 0 fully saturated rings. The molecule has 4 nitrogen and oxygen atoms in total. The highest BCUT2D eigenvalue weighted by Gasteiger charge is 2.17. The zero-order valence-corrected chi connectivity index (χ0v) is 17.3. The maximum atomic E-state index is 12.8. The largest absolute Gasteiger partial charge is 0.494 e. The minimum atomic E-state index is -0.203. The zero-order chi connectivity index (χ0) is 21.6. The van der Waals surface area contributed by atoms with Crippen molar-refractivity contribution in [1.29, 1.82) is 0 Å². The number of amides is 1. The number of benzene rings is 4. The van der Waals surface area contributed by atoms with Crippen LogP contribution in [0.2, 0.25) is 0 Å². The number of nitrogens with one attached hydrogen (secondary N) is 1. The second kappa shape index (κ2) is 9.18. The molecule has 0 atom stereocenters. The molecular formula is C27H24N2O2. The van der Waals surface area contributed by atoms with E-state index < -0.39 is 0 Å². The summed E-state index contributed by atoms with van der Waals surface area (Å²) in [5.74, 6) is 0.417. The van der Waals surface area contributed by atoms with E-state index in [9.17, 15) is 4.79 Å². The molecule has 0 aromatic heterocycles. The molecule has 0 radical (unpaired) electrons. The summed E-state index contributed by atoms with van der Waals surface area (Å²) in [7, 11) is 1.55. The van der Waals surface area contributed by atoms with E-state index in [1.54, 1.807) is 25.3 Å². The number of methoxy groups -OCH3 is 1. The van der Waals surface area contributed by atoms with Gasteiger partial charge in [-0.3, -0.25) is 4.79 Å². The SMILES string of the molecule is COc1cc(N)ccc1NC(=O)c1ccc(C(c2ccccc2)c2ccccc2)cc1. The Balaban J connectivity index is 1.61. The number of carbonyl (C=O) groups is 1. The van der Waals surface area contributed by atoms with Crippen LogP contribution in [0.3, 0.4) is 0 Å². The van der Waals surface area contributed by atoms with Crippen LogP contribution in [0.25, 0.3) is 0 Å². The normalized spacial score (nSPS) is 10.6. The van der Waals surface area contributed by atoms with Crippen LogP contribution in [0.4, 0.5) is 11.4 Å². The van der Waals surface area contributed by atoms with Crippen LogP contribution in [0.5, 0.6) is 5.75 Å². The number of anilines is 2. The summed E-state index contributed by atoms with van der Waals surface area (Å²) in [5.41, 5.74) is 11.1. The number of hydrogen-bond acceptors (Lipinski definition) is 3. The first kappa shape index (κ1) is 20.2. The van der Waals surface area contributed by atoms with Gasteiger partial charge < -0.3 is 15.8 Å². The van der Waals surface area contributed by atoms with Gasteiger partial charge in [-0.2, -0.15) is 0 Å². The number of carbonyl (C=O) groups excluding carboxylic acids is 1. The van der Waals surface area contributed by atoms with E-state index in [-0.39, 0.29) is 11.8 Å². The maximum absolute atomic E-state index is 12.8. The van der Waals surface area contributed by atoms with Gasteiger partial charge in [-0.25, -0.2) is 0 Å². The van der Waals surface area contributed by atoms with Gasteiger partial charge in [0.25, 0.3) is 5.91 Å². The van der Waals surface area contributed by atoms with Crippen LogP contribution in [0, 0.1) is 0 Å². The van der Waals surface area contributed by atoms with Gasteiger partial charge in [0.1, 0.15) is 5.75 Å². The van der Waals surface area contributed by atoms with Gasteiger partial charge in [0.15, 0.2) is 0 Å². The van der Waals surface area contributed by atoms with Crippen molar-refractivity contribution in [2.75, 3.05) is 18.2 Å². The lowest BCUT2D eigenvalue weighted by Gasteiger charge is -2.19. The lowest BCUT2D eigenvalue weighted by Crippen LogP contribution is -2.13. The van der Waals surface area contributed by atoms with Gasteiger partial charge in [0.05, 0.1) is 12.8 Å². The second-order valence-corrected chi connectivity index (χ2v) is 7.29. The quantitative estimate of drug-likeness (QED) is 0.317. The molecular weight excluding hydrogens is 384 g/mol. The van der Waals surface area contributed by atoms with Gasteiger partial charge in [-0.05, 0) is 41.0 Å². The average Bonchev–Trinajstić information content (AvgIpc) is 2.82. The highest BCUT2D eigenvalue weighted by molar-refractivity contribution is 6.05. The van der Waals surface area contributed by atoms with E-state index in [0.29, 0.717) is 22.7 Å². The van der Waals surface area contributed by atoms with E-state index in [2.05, 4.69) is 29.6 Å². The molecule has 0 aliphatic rings. The highest BCUT2D eigenvalue weighted by Crippen LogP contribution is 2.32. The third-order valence-electron chi connectivity index (χ3n) is 5.25. The lowest BCUT2D eigenvalue weighted by molar-refractivity contribution is 0.102. The predicted octanol–water partition coefficient (Wildman–Crippen LogP) is 5.71. The Hall–Kier alpha value is -4.05. The van der Waals surface area contributed by atoms with E-state index in [1.165, 1.54) is 11.1 Å². The van der Waals surface area contributed by atoms with E-state index in [0.717, 1.165) is 5.56 Å². The van der Waals surface area contributed by atoms with Crippen molar-refractivity contribution in [3.8, 4) is 5.75 Å². The molecule has 0 saturated carbocycles. The van der Waals surface area contributed by atoms with Crippen molar-refractivity contribution in [3.63, 3.8) is 0 Å². The summed E-state index contributed by atoms with van der Waals surface area (Å²) in [4.78, 5) is 12.8. The van der Waals surface area contributed by atoms with Crippen LogP contribution in [0.1, 0.15) is 33.0 Å². The second-order valence-electron chi connectivity index (χ2n) is 7.29. The summed E-state index contributed by atoms with van der Waals surface area (Å²) in [6.07, 6.45) is 0. The molecule has 4 rings (SSSR count). The molecule has 0 heterocycles. The topological polar surface area (TPSA) is 64.3 Å². The molecule has 1 amide bonds. The Morgan fingerprint density at radius 3 is 1.87 bits per heavy atom. The van der Waals surface area contributed by atoms with Crippen LogP contribution in [0.15, 0.2) is 103 Å². The van der Waals surface area contributed by atoms with Crippen LogP contribution in [-0.4, -0.2) is 13.0 Å². The molecule has 154 valence electrons. The minimum absolute atomic E-state index is 0.0942. The molecule has 0 saturated heterocycles. The van der Waals surface area contributed by atoms with E-state index in [4.69, 9.17) is 10.5 Å². The summed E-state index contributed by atoms with van der Waals surface area (Å²) >= 11 is 0. The fourth-order valence-electron chi connectivity index (χ4n) is 3.70. The lowest BCUT2D eigenvalue weighted by atomic mass is 9.85. The maximum Gasteiger partial charge on any atom is 0.255 e. The Labute approximate surface area is 182 Å². The monoisotopic (exact) mass is 408 g/mol. The minimum Gasteiger partial charge on any atom is -0.494 e. The fourth-order valence-corrected chi connectivity index (χ4v) is 3.70. The molecule has 4 aromatic rings. The summed E-state index contributed by atoms with van der Waals surface area (Å²) in [6, 6.07) is 33.6. The fraction of sp³-hybridized carbons (Fsp3) is 0.0741. The molecule has 0 bridgehead atoms. The van der Waals surface area contributed by atoms with E-state index in [1.807, 2.05) is 60.7 Å². The molecule has 0 spiro atoms. The number of hydrogen-bond donors (Lipinski definition) is 2. The van der Waals surface area contributed by atoms with Crippen molar-refractivity contribution in [1.82, 2.24) is 0 Å².